The third-order valence-corrected chi connectivity index (χ3v) is 5.41. The fourth-order valence-corrected chi connectivity index (χ4v) is 3.56. The second kappa shape index (κ2) is 9.36. The number of halogens is 2. The summed E-state index contributed by atoms with van der Waals surface area (Å²) in [6, 6.07) is 20.3. The van der Waals surface area contributed by atoms with E-state index in [1.54, 1.807) is 60.7 Å². The van der Waals surface area contributed by atoms with Crippen LogP contribution in [-0.4, -0.2) is 22.4 Å². The predicted molar refractivity (Wildman–Crippen MR) is 131 cm³/mol. The highest BCUT2D eigenvalue weighted by Crippen LogP contribution is 2.24. The first-order valence-corrected chi connectivity index (χ1v) is 10.6. The normalized spacial score (nSPS) is 10.6. The number of nitrogens with one attached hydrogen (secondary N) is 3. The maximum atomic E-state index is 13.0. The van der Waals surface area contributed by atoms with Gasteiger partial charge in [-0.05, 0) is 55.5 Å². The molecule has 0 saturated heterocycles. The van der Waals surface area contributed by atoms with E-state index in [4.69, 9.17) is 23.2 Å². The lowest BCUT2D eigenvalue weighted by molar-refractivity contribution is -0.133. The van der Waals surface area contributed by atoms with E-state index in [1.165, 1.54) is 4.68 Å². The number of anilines is 2. The van der Waals surface area contributed by atoms with Crippen LogP contribution in [0, 0.1) is 6.92 Å². The smallest absolute Gasteiger partial charge is 0.321 e. The van der Waals surface area contributed by atoms with Crippen LogP contribution in [-0.2, 0) is 9.59 Å². The van der Waals surface area contributed by atoms with Crippen molar-refractivity contribution in [3.8, 4) is 0 Å². The minimum absolute atomic E-state index is 0.117. The summed E-state index contributed by atoms with van der Waals surface area (Å²) in [7, 11) is 0. The Bertz CT molecular complexity index is 1380. The van der Waals surface area contributed by atoms with Gasteiger partial charge in [-0.1, -0.05) is 53.0 Å². The fraction of sp³-hybridized carbons (Fsp3) is 0.0417. The number of nitrogens with zero attached hydrogens (tertiary/aromatic N) is 1. The van der Waals surface area contributed by atoms with E-state index >= 15 is 0 Å². The van der Waals surface area contributed by atoms with Crippen LogP contribution in [0.15, 0.2) is 72.8 Å². The van der Waals surface area contributed by atoms with Crippen LogP contribution in [0.25, 0.3) is 10.9 Å². The van der Waals surface area contributed by atoms with E-state index in [0.29, 0.717) is 27.3 Å². The van der Waals surface area contributed by atoms with Crippen molar-refractivity contribution in [1.82, 2.24) is 4.68 Å². The molecule has 0 radical (unpaired) electrons. The molecule has 1 heterocycles. The Kier molecular flexibility index (Phi) is 6.35. The lowest BCUT2D eigenvalue weighted by Gasteiger charge is -2.13. The van der Waals surface area contributed by atoms with E-state index in [2.05, 4.69) is 16.1 Å². The molecule has 4 rings (SSSR count). The Morgan fingerprint density at radius 1 is 0.818 bits per heavy atom. The second-order valence-electron chi connectivity index (χ2n) is 7.26. The van der Waals surface area contributed by atoms with Crippen LogP contribution in [0.5, 0.6) is 0 Å². The van der Waals surface area contributed by atoms with E-state index in [-0.39, 0.29) is 10.7 Å². The molecule has 0 spiro atoms. The first-order chi connectivity index (χ1) is 15.8. The van der Waals surface area contributed by atoms with Crippen LogP contribution < -0.4 is 16.1 Å². The van der Waals surface area contributed by atoms with Gasteiger partial charge in [0.15, 0.2) is 0 Å². The number of para-hydroxylation sites is 1. The number of rotatable bonds is 4. The molecule has 3 amide bonds. The van der Waals surface area contributed by atoms with Crippen molar-refractivity contribution < 1.29 is 14.4 Å². The summed E-state index contributed by atoms with van der Waals surface area (Å²) in [6.07, 6.45) is 0. The van der Waals surface area contributed by atoms with E-state index in [9.17, 15) is 14.4 Å². The Labute approximate surface area is 199 Å². The largest absolute Gasteiger partial charge is 0.328 e. The van der Waals surface area contributed by atoms with E-state index in [0.717, 1.165) is 5.56 Å². The van der Waals surface area contributed by atoms with Gasteiger partial charge >= 0.3 is 11.8 Å². The molecular formula is C24H18Cl2N4O3. The molecule has 0 bridgehead atoms. The van der Waals surface area contributed by atoms with Gasteiger partial charge in [0, 0.05) is 16.1 Å². The van der Waals surface area contributed by atoms with Gasteiger partial charge in [0.2, 0.25) is 0 Å². The number of hydrogen-bond acceptors (Lipinski definition) is 3. The maximum absolute atomic E-state index is 13.0. The zero-order valence-corrected chi connectivity index (χ0v) is 18.9. The van der Waals surface area contributed by atoms with Crippen LogP contribution in [0.4, 0.5) is 11.4 Å². The summed E-state index contributed by atoms with van der Waals surface area (Å²) >= 11 is 12.1. The minimum atomic E-state index is -0.980. The highest BCUT2D eigenvalue weighted by molar-refractivity contribution is 6.44. The molecule has 7 nitrogen and oxygen atoms in total. The molecule has 0 saturated carbocycles. The Balaban J connectivity index is 1.63. The van der Waals surface area contributed by atoms with Crippen molar-refractivity contribution in [2.45, 2.75) is 6.92 Å². The van der Waals surface area contributed by atoms with Crippen molar-refractivity contribution >= 4 is 63.2 Å². The number of carbonyl (C=O) groups is 3. The first-order valence-electron chi connectivity index (χ1n) is 9.88. The molecule has 3 N–H and O–H groups in total. The third kappa shape index (κ3) is 5.00. The van der Waals surface area contributed by atoms with Gasteiger partial charge in [0.25, 0.3) is 5.91 Å². The monoisotopic (exact) mass is 480 g/mol. The lowest BCUT2D eigenvalue weighted by Crippen LogP contribution is -2.36. The highest BCUT2D eigenvalue weighted by atomic mass is 35.5. The molecule has 9 heteroatoms. The molecule has 1 aromatic heterocycles. The van der Waals surface area contributed by atoms with Gasteiger partial charge < -0.3 is 10.6 Å². The summed E-state index contributed by atoms with van der Waals surface area (Å²) in [6.45, 7) is 1.94. The maximum Gasteiger partial charge on any atom is 0.328 e. The number of carbonyl (C=O) groups excluding carboxylic acids is 3. The number of fused-ring (bicyclic) bond motifs is 1. The van der Waals surface area contributed by atoms with E-state index < -0.39 is 17.7 Å². The summed E-state index contributed by atoms with van der Waals surface area (Å²) in [4.78, 5) is 38.2. The highest BCUT2D eigenvalue weighted by Gasteiger charge is 2.21. The molecule has 3 aromatic carbocycles. The molecule has 0 aliphatic heterocycles. The number of aromatic nitrogens is 1. The van der Waals surface area contributed by atoms with Crippen LogP contribution in [0.2, 0.25) is 10.0 Å². The van der Waals surface area contributed by atoms with Gasteiger partial charge in [0.1, 0.15) is 5.69 Å². The Hall–Kier alpha value is -3.81. The predicted octanol–water partition coefficient (Wildman–Crippen LogP) is 5.22. The van der Waals surface area contributed by atoms with Crippen molar-refractivity contribution in [3.63, 3.8) is 0 Å². The van der Waals surface area contributed by atoms with Gasteiger partial charge in [-0.25, -0.2) is 4.68 Å². The number of hydrogen-bond donors (Lipinski definition) is 3. The van der Waals surface area contributed by atoms with Crippen LogP contribution in [0.1, 0.15) is 16.1 Å². The Morgan fingerprint density at radius 3 is 2.27 bits per heavy atom. The van der Waals surface area contributed by atoms with Gasteiger partial charge in [0.05, 0.1) is 16.2 Å². The molecule has 0 aliphatic rings. The molecule has 0 atom stereocenters. The van der Waals surface area contributed by atoms with Gasteiger partial charge in [-0.3, -0.25) is 19.8 Å². The zero-order valence-electron chi connectivity index (χ0n) is 17.4. The third-order valence-electron chi connectivity index (χ3n) is 4.85. The Morgan fingerprint density at radius 2 is 1.55 bits per heavy atom. The topological polar surface area (TPSA) is 92.2 Å². The standard InChI is InChI=1S/C24H18Cl2N4O3/c1-14-6-9-17(10-7-14)27-22(31)21-13-15-12-16(25)8-11-20(15)30(21)29-24(33)23(32)28-19-5-3-2-4-18(19)26/h2-13H,1H3,(H,27,31)(H,28,32)(H,29,33). The average Bonchev–Trinajstić information content (AvgIpc) is 3.14. The number of aryl methyl sites for hydroxylation is 1. The SMILES string of the molecule is Cc1ccc(NC(=O)c2cc3cc(Cl)ccc3n2NC(=O)C(=O)Nc2ccccc2Cl)cc1. The lowest BCUT2D eigenvalue weighted by atomic mass is 10.2. The fourth-order valence-electron chi connectivity index (χ4n) is 3.20. The molecule has 4 aromatic rings. The van der Waals surface area contributed by atoms with Crippen molar-refractivity contribution in [2.24, 2.45) is 0 Å². The molecular weight excluding hydrogens is 463 g/mol. The van der Waals surface area contributed by atoms with E-state index in [1.807, 2.05) is 19.1 Å². The average molecular weight is 481 g/mol. The first kappa shape index (κ1) is 22.4. The van der Waals surface area contributed by atoms with Crippen LogP contribution >= 0.6 is 23.2 Å². The number of amides is 3. The molecule has 33 heavy (non-hydrogen) atoms. The van der Waals surface area contributed by atoms with Crippen LogP contribution in [0.3, 0.4) is 0 Å². The minimum Gasteiger partial charge on any atom is -0.321 e. The van der Waals surface area contributed by atoms with Crippen molar-refractivity contribution in [3.05, 3.63) is 94.1 Å². The zero-order chi connectivity index (χ0) is 23.5. The summed E-state index contributed by atoms with van der Waals surface area (Å²) in [5.41, 5.74) is 5.03. The molecule has 0 aliphatic carbocycles. The molecule has 0 fully saturated rings. The summed E-state index contributed by atoms with van der Waals surface area (Å²) < 4.78 is 1.25. The second-order valence-corrected chi connectivity index (χ2v) is 8.11. The van der Waals surface area contributed by atoms with Crippen molar-refractivity contribution in [1.29, 1.82) is 0 Å². The van der Waals surface area contributed by atoms with Gasteiger partial charge in [-0.2, -0.15) is 0 Å². The number of benzene rings is 3. The van der Waals surface area contributed by atoms with Crippen molar-refractivity contribution in [2.75, 3.05) is 16.1 Å². The molecule has 0 unspecified atom stereocenters. The summed E-state index contributed by atoms with van der Waals surface area (Å²) in [5.74, 6) is -2.39. The summed E-state index contributed by atoms with van der Waals surface area (Å²) in [5, 5.41) is 6.61. The van der Waals surface area contributed by atoms with Gasteiger partial charge in [-0.15, -0.1) is 0 Å². The molecule has 166 valence electrons. The quantitative estimate of drug-likeness (QED) is 0.349.